The standard InChI is InChI=1S/C16H25N3O3S2/c17-16(8-2-1-3-9-16)15(20)19-10-6-13(7-11-19)18-24(21,22)14-5-4-12-23-14/h4-5,12-13,18H,1-3,6-11,17H2. The molecule has 3 N–H and O–H groups in total. The number of thiophene rings is 1. The van der Waals surface area contributed by atoms with Crippen molar-refractivity contribution in [3.05, 3.63) is 17.5 Å². The van der Waals surface area contributed by atoms with Crippen molar-refractivity contribution in [2.24, 2.45) is 5.73 Å². The van der Waals surface area contributed by atoms with Crippen molar-refractivity contribution in [3.63, 3.8) is 0 Å². The number of nitrogens with two attached hydrogens (primary N) is 1. The summed E-state index contributed by atoms with van der Waals surface area (Å²) in [5.41, 5.74) is 5.63. The molecule has 3 rings (SSSR count). The van der Waals surface area contributed by atoms with Crippen molar-refractivity contribution >= 4 is 27.3 Å². The van der Waals surface area contributed by atoms with Gasteiger partial charge in [-0.3, -0.25) is 4.79 Å². The van der Waals surface area contributed by atoms with Crippen molar-refractivity contribution in [2.75, 3.05) is 13.1 Å². The molecule has 1 aliphatic heterocycles. The number of piperidine rings is 1. The Hall–Kier alpha value is -0.960. The van der Waals surface area contributed by atoms with E-state index in [1.807, 2.05) is 4.90 Å². The Balaban J connectivity index is 1.55. The van der Waals surface area contributed by atoms with Crippen LogP contribution in [0.3, 0.4) is 0 Å². The van der Waals surface area contributed by atoms with Gasteiger partial charge in [-0.15, -0.1) is 11.3 Å². The lowest BCUT2D eigenvalue weighted by Gasteiger charge is -2.40. The molecule has 0 bridgehead atoms. The van der Waals surface area contributed by atoms with Gasteiger partial charge in [-0.25, -0.2) is 13.1 Å². The first-order valence-corrected chi connectivity index (χ1v) is 10.9. The Kier molecular flexibility index (Phi) is 5.29. The van der Waals surface area contributed by atoms with Crippen LogP contribution in [-0.4, -0.2) is 43.9 Å². The van der Waals surface area contributed by atoms with E-state index < -0.39 is 15.6 Å². The Morgan fingerprint density at radius 3 is 2.50 bits per heavy atom. The van der Waals surface area contributed by atoms with Crippen molar-refractivity contribution in [1.29, 1.82) is 0 Å². The van der Waals surface area contributed by atoms with Gasteiger partial charge in [0.25, 0.3) is 0 Å². The third-order valence-electron chi connectivity index (χ3n) is 5.04. The summed E-state index contributed by atoms with van der Waals surface area (Å²) >= 11 is 1.21. The summed E-state index contributed by atoms with van der Waals surface area (Å²) in [5.74, 6) is 0.0433. The maximum atomic E-state index is 12.7. The number of rotatable bonds is 4. The smallest absolute Gasteiger partial charge is 0.250 e. The fourth-order valence-corrected chi connectivity index (χ4v) is 5.92. The van der Waals surface area contributed by atoms with Gasteiger partial charge in [-0.1, -0.05) is 25.3 Å². The van der Waals surface area contributed by atoms with Crippen LogP contribution in [0.25, 0.3) is 0 Å². The van der Waals surface area contributed by atoms with Crippen LogP contribution < -0.4 is 10.5 Å². The fourth-order valence-electron chi connectivity index (χ4n) is 3.61. The van der Waals surface area contributed by atoms with Crippen LogP contribution in [0, 0.1) is 0 Å². The molecule has 1 saturated heterocycles. The highest BCUT2D eigenvalue weighted by molar-refractivity contribution is 7.91. The van der Waals surface area contributed by atoms with Gasteiger partial charge in [0, 0.05) is 19.1 Å². The first-order valence-electron chi connectivity index (χ1n) is 8.55. The van der Waals surface area contributed by atoms with Crippen LogP contribution in [0.15, 0.2) is 21.7 Å². The zero-order valence-corrected chi connectivity index (χ0v) is 15.4. The largest absolute Gasteiger partial charge is 0.341 e. The van der Waals surface area contributed by atoms with Crippen LogP contribution in [0.4, 0.5) is 0 Å². The Morgan fingerprint density at radius 1 is 1.25 bits per heavy atom. The number of hydrogen-bond acceptors (Lipinski definition) is 5. The Labute approximate surface area is 147 Å². The van der Waals surface area contributed by atoms with E-state index in [4.69, 9.17) is 5.73 Å². The SMILES string of the molecule is NC1(C(=O)N2CCC(NS(=O)(=O)c3cccs3)CC2)CCCCC1. The summed E-state index contributed by atoms with van der Waals surface area (Å²) < 4.78 is 27.6. The zero-order chi connectivity index (χ0) is 17.2. The maximum absolute atomic E-state index is 12.7. The summed E-state index contributed by atoms with van der Waals surface area (Å²) in [5, 5.41) is 1.75. The molecular formula is C16H25N3O3S2. The average Bonchev–Trinajstić information content (AvgIpc) is 3.11. The van der Waals surface area contributed by atoms with Gasteiger partial charge in [0.1, 0.15) is 4.21 Å². The monoisotopic (exact) mass is 371 g/mol. The molecule has 1 saturated carbocycles. The molecule has 0 atom stereocenters. The highest BCUT2D eigenvalue weighted by atomic mass is 32.2. The number of sulfonamides is 1. The second kappa shape index (κ2) is 7.11. The summed E-state index contributed by atoms with van der Waals surface area (Å²) in [7, 11) is -3.45. The highest BCUT2D eigenvalue weighted by Crippen LogP contribution is 2.29. The number of carbonyl (C=O) groups excluding carboxylic acids is 1. The Morgan fingerprint density at radius 2 is 1.92 bits per heavy atom. The number of nitrogens with zero attached hydrogens (tertiary/aromatic N) is 1. The van der Waals surface area contributed by atoms with Gasteiger partial charge in [0.15, 0.2) is 0 Å². The van der Waals surface area contributed by atoms with E-state index in [1.54, 1.807) is 17.5 Å². The molecule has 2 fully saturated rings. The number of hydrogen-bond donors (Lipinski definition) is 2. The van der Waals surface area contributed by atoms with Crippen LogP contribution in [0.5, 0.6) is 0 Å². The summed E-state index contributed by atoms with van der Waals surface area (Å²) in [6.07, 6.45) is 5.96. The summed E-state index contributed by atoms with van der Waals surface area (Å²) in [6, 6.07) is 3.21. The molecule has 1 aromatic rings. The lowest BCUT2D eigenvalue weighted by molar-refractivity contribution is -0.139. The first kappa shape index (κ1) is 17.8. The number of amides is 1. The van der Waals surface area contributed by atoms with Crippen molar-refractivity contribution in [2.45, 2.75) is 60.7 Å². The fraction of sp³-hybridized carbons (Fsp3) is 0.688. The van der Waals surface area contributed by atoms with Gasteiger partial charge < -0.3 is 10.6 Å². The number of likely N-dealkylation sites (tertiary alicyclic amines) is 1. The molecule has 2 aliphatic rings. The molecule has 1 aromatic heterocycles. The van der Waals surface area contributed by atoms with Gasteiger partial charge in [-0.2, -0.15) is 0 Å². The molecule has 1 amide bonds. The van der Waals surface area contributed by atoms with E-state index in [9.17, 15) is 13.2 Å². The molecule has 0 aromatic carbocycles. The molecule has 6 nitrogen and oxygen atoms in total. The van der Waals surface area contributed by atoms with E-state index in [1.165, 1.54) is 11.3 Å². The molecule has 24 heavy (non-hydrogen) atoms. The molecule has 0 spiro atoms. The topological polar surface area (TPSA) is 92.5 Å². The normalized spacial score (nSPS) is 22.5. The minimum atomic E-state index is -3.45. The molecule has 8 heteroatoms. The quantitative estimate of drug-likeness (QED) is 0.842. The van der Waals surface area contributed by atoms with Gasteiger partial charge in [-0.05, 0) is 37.1 Å². The third-order valence-corrected chi connectivity index (χ3v) is 7.95. The van der Waals surface area contributed by atoms with E-state index in [0.717, 1.165) is 32.1 Å². The number of carbonyl (C=O) groups is 1. The second-order valence-electron chi connectivity index (χ2n) is 6.84. The summed E-state index contributed by atoms with van der Waals surface area (Å²) in [6.45, 7) is 1.13. The maximum Gasteiger partial charge on any atom is 0.250 e. The van der Waals surface area contributed by atoms with Gasteiger partial charge in [0.2, 0.25) is 15.9 Å². The minimum Gasteiger partial charge on any atom is -0.341 e. The number of nitrogens with one attached hydrogen (secondary N) is 1. The van der Waals surface area contributed by atoms with Crippen molar-refractivity contribution in [3.8, 4) is 0 Å². The van der Waals surface area contributed by atoms with Crippen LogP contribution in [0.2, 0.25) is 0 Å². The second-order valence-corrected chi connectivity index (χ2v) is 9.73. The molecule has 0 unspecified atom stereocenters. The van der Waals surface area contributed by atoms with E-state index in [0.29, 0.717) is 30.1 Å². The lowest BCUT2D eigenvalue weighted by Crippen LogP contribution is -2.58. The van der Waals surface area contributed by atoms with E-state index >= 15 is 0 Å². The molecule has 134 valence electrons. The third kappa shape index (κ3) is 3.82. The minimum absolute atomic E-state index is 0.0433. The van der Waals surface area contributed by atoms with Crippen LogP contribution in [-0.2, 0) is 14.8 Å². The van der Waals surface area contributed by atoms with Crippen molar-refractivity contribution in [1.82, 2.24) is 9.62 Å². The van der Waals surface area contributed by atoms with E-state index in [-0.39, 0.29) is 11.9 Å². The summed E-state index contributed by atoms with van der Waals surface area (Å²) in [4.78, 5) is 14.5. The lowest BCUT2D eigenvalue weighted by atomic mass is 9.81. The zero-order valence-electron chi connectivity index (χ0n) is 13.7. The van der Waals surface area contributed by atoms with Crippen LogP contribution >= 0.6 is 11.3 Å². The molecular weight excluding hydrogens is 346 g/mol. The molecule has 0 radical (unpaired) electrons. The average molecular weight is 372 g/mol. The van der Waals surface area contributed by atoms with Gasteiger partial charge >= 0.3 is 0 Å². The predicted molar refractivity (Wildman–Crippen MR) is 94.2 cm³/mol. The molecule has 2 heterocycles. The Bertz CT molecular complexity index is 659. The van der Waals surface area contributed by atoms with Crippen molar-refractivity contribution < 1.29 is 13.2 Å². The first-order chi connectivity index (χ1) is 11.4. The molecule has 1 aliphatic carbocycles. The van der Waals surface area contributed by atoms with Gasteiger partial charge in [0.05, 0.1) is 5.54 Å². The highest BCUT2D eigenvalue weighted by Gasteiger charge is 2.39. The predicted octanol–water partition coefficient (Wildman–Crippen LogP) is 1.68. The van der Waals surface area contributed by atoms with Crippen LogP contribution in [0.1, 0.15) is 44.9 Å². The van der Waals surface area contributed by atoms with E-state index in [2.05, 4.69) is 4.72 Å².